The van der Waals surface area contributed by atoms with E-state index in [1.165, 1.54) is 0 Å². The molecule has 2 aromatic heterocycles. The van der Waals surface area contributed by atoms with Crippen molar-refractivity contribution in [3.8, 4) is 5.82 Å². The van der Waals surface area contributed by atoms with Crippen molar-refractivity contribution in [1.82, 2.24) is 19.7 Å². The monoisotopic (exact) mass is 382 g/mol. The number of anilines is 2. The average molecular weight is 383 g/mol. The first-order valence-electron chi connectivity index (χ1n) is 8.72. The van der Waals surface area contributed by atoms with Crippen molar-refractivity contribution in [2.45, 2.75) is 0 Å². The minimum atomic E-state index is -0.119. The van der Waals surface area contributed by atoms with E-state index in [9.17, 15) is 4.79 Å². The largest absolute Gasteiger partial charge is 0.352 e. The van der Waals surface area contributed by atoms with Gasteiger partial charge in [0.1, 0.15) is 0 Å². The van der Waals surface area contributed by atoms with Gasteiger partial charge in [-0.25, -0.2) is 4.79 Å². The van der Waals surface area contributed by atoms with Crippen molar-refractivity contribution in [2.75, 3.05) is 36.4 Å². The van der Waals surface area contributed by atoms with Crippen LogP contribution in [-0.2, 0) is 0 Å². The molecule has 0 spiro atoms. The summed E-state index contributed by atoms with van der Waals surface area (Å²) in [6, 6.07) is 14.8. The van der Waals surface area contributed by atoms with E-state index in [1.807, 2.05) is 53.4 Å². The van der Waals surface area contributed by atoms with Crippen molar-refractivity contribution in [3.05, 3.63) is 65.9 Å². The van der Waals surface area contributed by atoms with Crippen LogP contribution in [0.15, 0.2) is 60.9 Å². The molecule has 1 fully saturated rings. The highest BCUT2D eigenvalue weighted by atomic mass is 35.5. The molecule has 1 saturated heterocycles. The summed E-state index contributed by atoms with van der Waals surface area (Å²) in [6.07, 6.45) is 3.86. The summed E-state index contributed by atoms with van der Waals surface area (Å²) in [5.41, 5.74) is 0.696. The van der Waals surface area contributed by atoms with E-state index < -0.39 is 0 Å². The van der Waals surface area contributed by atoms with Crippen LogP contribution in [0.25, 0.3) is 5.82 Å². The van der Waals surface area contributed by atoms with E-state index in [0.717, 1.165) is 11.6 Å². The minimum absolute atomic E-state index is 0.119. The fraction of sp³-hybridized carbons (Fsp3) is 0.211. The maximum atomic E-state index is 12.4. The Morgan fingerprint density at radius 3 is 2.30 bits per heavy atom. The molecule has 2 amide bonds. The smallest absolute Gasteiger partial charge is 0.321 e. The normalized spacial score (nSPS) is 14.3. The van der Waals surface area contributed by atoms with Crippen molar-refractivity contribution in [2.24, 2.45) is 0 Å². The van der Waals surface area contributed by atoms with Gasteiger partial charge in [-0.1, -0.05) is 17.7 Å². The number of nitrogens with zero attached hydrogens (tertiary/aromatic N) is 5. The van der Waals surface area contributed by atoms with E-state index in [2.05, 4.69) is 20.4 Å². The van der Waals surface area contributed by atoms with Crippen LogP contribution in [0.1, 0.15) is 0 Å². The molecule has 27 heavy (non-hydrogen) atoms. The number of nitrogens with one attached hydrogen (secondary N) is 1. The minimum Gasteiger partial charge on any atom is -0.352 e. The average Bonchev–Trinajstić information content (AvgIpc) is 3.23. The number of piperazine rings is 1. The van der Waals surface area contributed by atoms with Gasteiger partial charge in [0, 0.05) is 49.3 Å². The molecule has 3 heterocycles. The van der Waals surface area contributed by atoms with Gasteiger partial charge in [0.25, 0.3) is 0 Å². The Morgan fingerprint density at radius 1 is 0.926 bits per heavy atom. The highest BCUT2D eigenvalue weighted by Crippen LogP contribution is 2.17. The molecule has 0 radical (unpaired) electrons. The number of benzene rings is 1. The number of urea groups is 1. The number of amides is 2. The maximum Gasteiger partial charge on any atom is 0.321 e. The third kappa shape index (κ3) is 4.03. The second-order valence-corrected chi connectivity index (χ2v) is 6.69. The van der Waals surface area contributed by atoms with Crippen LogP contribution in [0.5, 0.6) is 0 Å². The van der Waals surface area contributed by atoms with Crippen LogP contribution in [-0.4, -0.2) is 51.9 Å². The fourth-order valence-electron chi connectivity index (χ4n) is 3.02. The first-order valence-corrected chi connectivity index (χ1v) is 9.10. The summed E-state index contributed by atoms with van der Waals surface area (Å²) in [5.74, 6) is 1.60. The summed E-state index contributed by atoms with van der Waals surface area (Å²) < 4.78 is 1.91. The summed E-state index contributed by atoms with van der Waals surface area (Å²) in [6.45, 7) is 2.65. The second kappa shape index (κ2) is 7.67. The van der Waals surface area contributed by atoms with Gasteiger partial charge in [0.2, 0.25) is 0 Å². The lowest BCUT2D eigenvalue weighted by Crippen LogP contribution is -2.50. The van der Waals surface area contributed by atoms with Gasteiger partial charge in [-0.2, -0.15) is 0 Å². The summed E-state index contributed by atoms with van der Waals surface area (Å²) in [4.78, 5) is 16.3. The molecule has 4 rings (SSSR count). The molecular formula is C19H19ClN6O. The topological polar surface area (TPSA) is 66.3 Å². The Bertz CT molecular complexity index is 904. The second-order valence-electron chi connectivity index (χ2n) is 6.25. The van der Waals surface area contributed by atoms with Crippen LogP contribution in [0.2, 0.25) is 5.02 Å². The van der Waals surface area contributed by atoms with Crippen LogP contribution in [0.3, 0.4) is 0 Å². The van der Waals surface area contributed by atoms with Gasteiger partial charge in [0.05, 0.1) is 0 Å². The standard InChI is InChI=1S/C19H19ClN6O/c20-15-4-3-5-16(14-15)21-19(27)26-12-10-25(11-13-26)18-7-6-17(22-23-18)24-8-1-2-9-24/h1-9,14H,10-13H2,(H,21,27). The van der Waals surface area contributed by atoms with Gasteiger partial charge in [-0.3, -0.25) is 0 Å². The van der Waals surface area contributed by atoms with Crippen molar-refractivity contribution < 1.29 is 4.79 Å². The van der Waals surface area contributed by atoms with Gasteiger partial charge in [-0.05, 0) is 42.5 Å². The molecule has 1 aromatic carbocycles. The Morgan fingerprint density at radius 2 is 1.63 bits per heavy atom. The van der Waals surface area contributed by atoms with Crippen LogP contribution >= 0.6 is 11.6 Å². The highest BCUT2D eigenvalue weighted by Gasteiger charge is 2.22. The number of carbonyl (C=O) groups excluding carboxylic acids is 1. The summed E-state index contributed by atoms with van der Waals surface area (Å²) >= 11 is 5.96. The van der Waals surface area contributed by atoms with E-state index in [-0.39, 0.29) is 6.03 Å². The van der Waals surface area contributed by atoms with E-state index in [0.29, 0.717) is 36.9 Å². The molecule has 1 aliphatic rings. The van der Waals surface area contributed by atoms with Crippen LogP contribution in [0, 0.1) is 0 Å². The number of rotatable bonds is 3. The SMILES string of the molecule is O=C(Nc1cccc(Cl)c1)N1CCN(c2ccc(-n3cccc3)nn2)CC1. The lowest BCUT2D eigenvalue weighted by atomic mass is 10.3. The summed E-state index contributed by atoms with van der Waals surface area (Å²) in [7, 11) is 0. The van der Waals surface area contributed by atoms with Gasteiger partial charge in [0.15, 0.2) is 11.6 Å². The number of halogens is 1. The Kier molecular flexibility index (Phi) is 4.93. The molecule has 1 aliphatic heterocycles. The maximum absolute atomic E-state index is 12.4. The zero-order valence-corrected chi connectivity index (χ0v) is 15.4. The molecular weight excluding hydrogens is 364 g/mol. The lowest BCUT2D eigenvalue weighted by molar-refractivity contribution is 0.208. The first-order chi connectivity index (χ1) is 13.2. The molecule has 3 aromatic rings. The molecule has 8 heteroatoms. The lowest BCUT2D eigenvalue weighted by Gasteiger charge is -2.35. The molecule has 0 aliphatic carbocycles. The molecule has 1 N–H and O–H groups in total. The van der Waals surface area contributed by atoms with Crippen LogP contribution < -0.4 is 10.2 Å². The fourth-order valence-corrected chi connectivity index (χ4v) is 3.21. The number of hydrogen-bond donors (Lipinski definition) is 1. The number of carbonyl (C=O) groups is 1. The van der Waals surface area contributed by atoms with E-state index in [4.69, 9.17) is 11.6 Å². The van der Waals surface area contributed by atoms with E-state index >= 15 is 0 Å². The predicted octanol–water partition coefficient (Wildman–Crippen LogP) is 3.27. The number of aromatic nitrogens is 3. The molecule has 7 nitrogen and oxygen atoms in total. The Hall–Kier alpha value is -3.06. The Balaban J connectivity index is 1.34. The molecule has 138 valence electrons. The molecule has 0 bridgehead atoms. The van der Waals surface area contributed by atoms with E-state index in [1.54, 1.807) is 17.0 Å². The first kappa shape index (κ1) is 17.4. The molecule has 0 atom stereocenters. The zero-order chi connectivity index (χ0) is 18.6. The number of hydrogen-bond acceptors (Lipinski definition) is 4. The molecule has 0 unspecified atom stereocenters. The predicted molar refractivity (Wildman–Crippen MR) is 106 cm³/mol. The third-order valence-corrected chi connectivity index (χ3v) is 4.71. The van der Waals surface area contributed by atoms with Crippen LogP contribution in [0.4, 0.5) is 16.3 Å². The van der Waals surface area contributed by atoms with Gasteiger partial charge < -0.3 is 19.7 Å². The molecule has 0 saturated carbocycles. The van der Waals surface area contributed by atoms with Crippen molar-refractivity contribution in [1.29, 1.82) is 0 Å². The van der Waals surface area contributed by atoms with Gasteiger partial charge in [-0.15, -0.1) is 10.2 Å². The van der Waals surface area contributed by atoms with Crippen molar-refractivity contribution >= 4 is 29.1 Å². The Labute approximate surface area is 162 Å². The third-order valence-electron chi connectivity index (χ3n) is 4.47. The zero-order valence-electron chi connectivity index (χ0n) is 14.6. The quantitative estimate of drug-likeness (QED) is 0.755. The highest BCUT2D eigenvalue weighted by molar-refractivity contribution is 6.30. The van der Waals surface area contributed by atoms with Gasteiger partial charge >= 0.3 is 6.03 Å². The van der Waals surface area contributed by atoms with Crippen molar-refractivity contribution in [3.63, 3.8) is 0 Å². The summed E-state index contributed by atoms with van der Waals surface area (Å²) in [5, 5.41) is 12.1.